The zero-order valence-electron chi connectivity index (χ0n) is 18.4. The van der Waals surface area contributed by atoms with E-state index >= 15 is 0 Å². The number of nitrogens with zero attached hydrogens (tertiary/aromatic N) is 2. The van der Waals surface area contributed by atoms with Crippen molar-refractivity contribution < 1.29 is 24.2 Å². The summed E-state index contributed by atoms with van der Waals surface area (Å²) in [6.07, 6.45) is -0.242. The van der Waals surface area contributed by atoms with Gasteiger partial charge in [0.25, 0.3) is 0 Å². The highest BCUT2D eigenvalue weighted by molar-refractivity contribution is 5.79. The van der Waals surface area contributed by atoms with Crippen molar-refractivity contribution in [3.8, 4) is 0 Å². The molecule has 0 radical (unpaired) electrons. The maximum absolute atomic E-state index is 12.5. The third kappa shape index (κ3) is 6.11. The zero-order valence-corrected chi connectivity index (χ0v) is 18.4. The Labute approximate surface area is 178 Å². The highest BCUT2D eigenvalue weighted by Gasteiger charge is 2.43. The van der Waals surface area contributed by atoms with Gasteiger partial charge in [-0.2, -0.15) is 0 Å². The molecule has 1 fully saturated rings. The van der Waals surface area contributed by atoms with Crippen molar-refractivity contribution in [2.24, 2.45) is 5.92 Å². The second-order valence-electron chi connectivity index (χ2n) is 8.95. The molecule has 1 aromatic rings. The van der Waals surface area contributed by atoms with E-state index in [1.807, 2.05) is 51.1 Å². The molecule has 0 unspecified atom stereocenters. The first-order valence-corrected chi connectivity index (χ1v) is 10.2. The van der Waals surface area contributed by atoms with Crippen LogP contribution in [-0.4, -0.2) is 64.7 Å². The van der Waals surface area contributed by atoms with Gasteiger partial charge in [-0.05, 0) is 45.6 Å². The molecule has 0 aliphatic heterocycles. The van der Waals surface area contributed by atoms with E-state index in [1.54, 1.807) is 14.1 Å². The van der Waals surface area contributed by atoms with Crippen LogP contribution in [0, 0.1) is 5.92 Å². The Morgan fingerprint density at radius 1 is 1.13 bits per heavy atom. The topological polar surface area (TPSA) is 99.2 Å². The number of amides is 3. The van der Waals surface area contributed by atoms with Crippen LogP contribution in [0.2, 0.25) is 0 Å². The van der Waals surface area contributed by atoms with Crippen LogP contribution < -0.4 is 5.32 Å². The Kier molecular flexibility index (Phi) is 7.70. The lowest BCUT2D eigenvalue weighted by Gasteiger charge is -2.46. The predicted octanol–water partition coefficient (Wildman–Crippen LogP) is 3.32. The number of rotatable bonds is 5. The summed E-state index contributed by atoms with van der Waals surface area (Å²) in [6, 6.07) is 8.37. The molecule has 0 bridgehead atoms. The zero-order chi connectivity index (χ0) is 22.5. The molecule has 0 heterocycles. The minimum atomic E-state index is -1.07. The van der Waals surface area contributed by atoms with Crippen LogP contribution in [0.15, 0.2) is 30.3 Å². The van der Waals surface area contributed by atoms with Crippen molar-refractivity contribution in [3.05, 3.63) is 35.9 Å². The van der Waals surface area contributed by atoms with Crippen molar-refractivity contribution in [1.29, 1.82) is 0 Å². The Hall–Kier alpha value is -2.77. The number of carbonyl (C=O) groups excluding carboxylic acids is 2. The van der Waals surface area contributed by atoms with E-state index in [1.165, 1.54) is 9.80 Å². The van der Waals surface area contributed by atoms with E-state index in [9.17, 15) is 19.5 Å². The average molecular weight is 420 g/mol. The summed E-state index contributed by atoms with van der Waals surface area (Å²) in [7, 11) is 3.39. The number of ether oxygens (including phenoxy) is 1. The maximum atomic E-state index is 12.5. The lowest BCUT2D eigenvalue weighted by molar-refractivity contribution is -0.135. The average Bonchev–Trinajstić information content (AvgIpc) is 2.66. The quantitative estimate of drug-likeness (QED) is 0.763. The molecule has 2 N–H and O–H groups in total. The molecule has 3 amide bonds. The van der Waals surface area contributed by atoms with E-state index in [0.717, 1.165) is 5.56 Å². The van der Waals surface area contributed by atoms with Gasteiger partial charge in [-0.15, -0.1) is 0 Å². The fourth-order valence-electron chi connectivity index (χ4n) is 4.03. The number of carbonyl (C=O) groups is 3. The Morgan fingerprint density at radius 3 is 2.30 bits per heavy atom. The van der Waals surface area contributed by atoms with Gasteiger partial charge in [0.1, 0.15) is 6.61 Å². The van der Waals surface area contributed by atoms with Gasteiger partial charge >= 0.3 is 12.2 Å². The maximum Gasteiger partial charge on any atom is 0.408 e. The highest BCUT2D eigenvalue weighted by atomic mass is 16.5. The van der Waals surface area contributed by atoms with E-state index in [2.05, 4.69) is 5.32 Å². The van der Waals surface area contributed by atoms with Crippen molar-refractivity contribution in [2.75, 3.05) is 14.1 Å². The van der Waals surface area contributed by atoms with Crippen molar-refractivity contribution in [2.45, 2.75) is 64.3 Å². The lowest BCUT2D eigenvalue weighted by atomic mass is 9.79. The molecule has 0 spiro atoms. The van der Waals surface area contributed by atoms with E-state index in [4.69, 9.17) is 4.74 Å². The van der Waals surface area contributed by atoms with Crippen molar-refractivity contribution >= 4 is 18.1 Å². The van der Waals surface area contributed by atoms with Gasteiger partial charge < -0.3 is 20.1 Å². The number of nitrogens with one attached hydrogen (secondary N) is 1. The fourth-order valence-corrected chi connectivity index (χ4v) is 4.03. The molecule has 1 aromatic carbocycles. The monoisotopic (exact) mass is 419 g/mol. The third-order valence-corrected chi connectivity index (χ3v) is 5.38. The van der Waals surface area contributed by atoms with Crippen LogP contribution in [0.25, 0.3) is 0 Å². The molecule has 0 saturated heterocycles. The smallest absolute Gasteiger partial charge is 0.408 e. The van der Waals surface area contributed by atoms with Gasteiger partial charge in [0, 0.05) is 25.6 Å². The first kappa shape index (κ1) is 23.5. The summed E-state index contributed by atoms with van der Waals surface area (Å²) in [5.41, 5.74) is 0.180. The summed E-state index contributed by atoms with van der Waals surface area (Å²) in [4.78, 5) is 39.9. The molecule has 166 valence electrons. The standard InChI is InChI=1S/C22H33N3O5/c1-22(2,3)25(21(28)29)18-13-16(19(26)24(4)5)11-12-17(18)23-20(27)30-14-15-9-7-6-8-10-15/h6-10,16-18H,11-14H2,1-5H3,(H,23,27)(H,28,29)/t16-,17-,18+/m0/s1. The first-order chi connectivity index (χ1) is 14.0. The lowest BCUT2D eigenvalue weighted by Crippen LogP contribution is -2.61. The number of benzene rings is 1. The van der Waals surface area contributed by atoms with Gasteiger partial charge in [-0.3, -0.25) is 9.69 Å². The summed E-state index contributed by atoms with van der Waals surface area (Å²) in [6.45, 7) is 5.56. The number of carboxylic acid groups (broad SMARTS) is 1. The molecule has 8 nitrogen and oxygen atoms in total. The second kappa shape index (κ2) is 9.82. The van der Waals surface area contributed by atoms with Gasteiger partial charge in [0.05, 0.1) is 12.1 Å². The van der Waals surface area contributed by atoms with Crippen LogP contribution in [-0.2, 0) is 16.1 Å². The molecule has 3 atom stereocenters. The van der Waals surface area contributed by atoms with Gasteiger partial charge in [0.15, 0.2) is 0 Å². The molecule has 0 aromatic heterocycles. The second-order valence-corrected chi connectivity index (χ2v) is 8.95. The van der Waals surface area contributed by atoms with Gasteiger partial charge in [0.2, 0.25) is 5.91 Å². The van der Waals surface area contributed by atoms with E-state index in [-0.39, 0.29) is 18.4 Å². The number of alkyl carbamates (subject to hydrolysis) is 1. The largest absolute Gasteiger partial charge is 0.465 e. The highest BCUT2D eigenvalue weighted by Crippen LogP contribution is 2.33. The molecule has 8 heteroatoms. The fraction of sp³-hybridized carbons (Fsp3) is 0.591. The van der Waals surface area contributed by atoms with Gasteiger partial charge in [-0.1, -0.05) is 30.3 Å². The van der Waals surface area contributed by atoms with Crippen molar-refractivity contribution in [1.82, 2.24) is 15.1 Å². The summed E-state index contributed by atoms with van der Waals surface area (Å²) >= 11 is 0. The molecule has 2 rings (SSSR count). The molecular formula is C22H33N3O5. The summed E-state index contributed by atoms with van der Waals surface area (Å²) < 4.78 is 5.33. The molecule has 30 heavy (non-hydrogen) atoms. The SMILES string of the molecule is CN(C)C(=O)[C@H]1CC[C@H](NC(=O)OCc2ccccc2)[C@H](N(C(=O)O)C(C)(C)C)C1. The minimum absolute atomic E-state index is 0.0237. The van der Waals surface area contributed by atoms with Crippen LogP contribution >= 0.6 is 0 Å². The normalized spacial score (nSPS) is 21.4. The van der Waals surface area contributed by atoms with Crippen LogP contribution in [0.5, 0.6) is 0 Å². The number of hydrogen-bond donors (Lipinski definition) is 2. The van der Waals surface area contributed by atoms with E-state index < -0.39 is 29.8 Å². The van der Waals surface area contributed by atoms with E-state index in [0.29, 0.717) is 19.3 Å². The predicted molar refractivity (Wildman–Crippen MR) is 113 cm³/mol. The molecule has 1 aliphatic rings. The molecule has 1 saturated carbocycles. The number of hydrogen-bond acceptors (Lipinski definition) is 4. The Balaban J connectivity index is 2.15. The Bertz CT molecular complexity index is 745. The minimum Gasteiger partial charge on any atom is -0.465 e. The van der Waals surface area contributed by atoms with Crippen LogP contribution in [0.4, 0.5) is 9.59 Å². The molecule has 1 aliphatic carbocycles. The van der Waals surface area contributed by atoms with Crippen molar-refractivity contribution in [3.63, 3.8) is 0 Å². The van der Waals surface area contributed by atoms with Gasteiger partial charge in [-0.25, -0.2) is 9.59 Å². The summed E-state index contributed by atoms with van der Waals surface area (Å²) in [5, 5.41) is 12.7. The van der Waals surface area contributed by atoms with Crippen LogP contribution in [0.3, 0.4) is 0 Å². The Morgan fingerprint density at radius 2 is 1.77 bits per heavy atom. The first-order valence-electron chi connectivity index (χ1n) is 10.2. The third-order valence-electron chi connectivity index (χ3n) is 5.38. The summed E-state index contributed by atoms with van der Waals surface area (Å²) in [5.74, 6) is -0.308. The van der Waals surface area contributed by atoms with Crippen LogP contribution in [0.1, 0.15) is 45.6 Å². The molecular weight excluding hydrogens is 386 g/mol.